The van der Waals surface area contributed by atoms with Crippen molar-refractivity contribution < 1.29 is 27.3 Å². The van der Waals surface area contributed by atoms with Crippen LogP contribution < -0.4 is 10.9 Å². The number of alkyl halides is 3. The highest BCUT2D eigenvalue weighted by molar-refractivity contribution is 5.98. The molecular weight excluding hydrogens is 372 g/mol. The minimum atomic E-state index is -4.74. The number of anilines is 1. The molecule has 0 unspecified atom stereocenters. The van der Waals surface area contributed by atoms with Gasteiger partial charge in [-0.1, -0.05) is 0 Å². The molecule has 0 atom stereocenters. The zero-order chi connectivity index (χ0) is 19.8. The van der Waals surface area contributed by atoms with Crippen LogP contribution >= 0.6 is 0 Å². The monoisotopic (exact) mass is 382 g/mol. The van der Waals surface area contributed by atoms with Gasteiger partial charge in [-0.2, -0.15) is 13.2 Å². The van der Waals surface area contributed by atoms with Crippen LogP contribution in [-0.2, 0) is 6.18 Å². The van der Waals surface area contributed by atoms with Crippen molar-refractivity contribution in [1.82, 2.24) is 10.4 Å². The number of nitrogens with one attached hydrogen (secondary N) is 3. The van der Waals surface area contributed by atoms with E-state index < -0.39 is 34.1 Å². The van der Waals surface area contributed by atoms with Gasteiger partial charge < -0.3 is 4.98 Å². The van der Waals surface area contributed by atoms with Gasteiger partial charge in [-0.15, -0.1) is 0 Å². The predicted molar refractivity (Wildman–Crippen MR) is 87.4 cm³/mol. The zero-order valence-electron chi connectivity index (χ0n) is 13.2. The number of hydrogen-bond donors (Lipinski definition) is 3. The van der Waals surface area contributed by atoms with Gasteiger partial charge in [-0.05, 0) is 36.4 Å². The molecule has 0 aliphatic heterocycles. The highest BCUT2D eigenvalue weighted by Crippen LogP contribution is 2.34. The third-order valence-electron chi connectivity index (χ3n) is 3.66. The van der Waals surface area contributed by atoms with Gasteiger partial charge in [0.15, 0.2) is 0 Å². The summed E-state index contributed by atoms with van der Waals surface area (Å²) in [6.07, 6.45) is -4.74. The quantitative estimate of drug-likeness (QED) is 0.361. The van der Waals surface area contributed by atoms with Crippen molar-refractivity contribution in [3.63, 3.8) is 0 Å². The van der Waals surface area contributed by atoms with E-state index in [1.807, 2.05) is 0 Å². The Balaban J connectivity index is 1.80. The number of carbonyl (C=O) groups is 1. The first-order valence-electron chi connectivity index (χ1n) is 7.35. The van der Waals surface area contributed by atoms with Crippen molar-refractivity contribution in [3.05, 3.63) is 69.7 Å². The highest BCUT2D eigenvalue weighted by atomic mass is 19.4. The summed E-state index contributed by atoms with van der Waals surface area (Å²) >= 11 is 0. The fourth-order valence-corrected chi connectivity index (χ4v) is 2.38. The van der Waals surface area contributed by atoms with Crippen LogP contribution in [0.3, 0.4) is 0 Å². The van der Waals surface area contributed by atoms with E-state index in [1.54, 1.807) is 0 Å². The molecule has 140 valence electrons. The Morgan fingerprint density at radius 2 is 1.85 bits per heavy atom. The van der Waals surface area contributed by atoms with Crippen LogP contribution in [0.5, 0.6) is 0 Å². The van der Waals surface area contributed by atoms with Crippen molar-refractivity contribution in [2.45, 2.75) is 6.18 Å². The van der Waals surface area contributed by atoms with Gasteiger partial charge in [-0.3, -0.25) is 25.8 Å². The Hall–Kier alpha value is -3.63. The van der Waals surface area contributed by atoms with Crippen LogP contribution in [0, 0.1) is 15.9 Å². The summed E-state index contributed by atoms with van der Waals surface area (Å²) in [6, 6.07) is 7.03. The molecule has 0 saturated heterocycles. The Labute approximate surface area is 148 Å². The molecule has 27 heavy (non-hydrogen) atoms. The minimum Gasteiger partial charge on any atom is -0.350 e. The number of hydrogen-bond acceptors (Lipinski definition) is 4. The maximum Gasteiger partial charge on any atom is 0.416 e. The number of halogens is 4. The number of benzene rings is 2. The number of nitro groups is 1. The zero-order valence-corrected chi connectivity index (χ0v) is 13.2. The second-order valence-corrected chi connectivity index (χ2v) is 5.48. The van der Waals surface area contributed by atoms with Gasteiger partial charge in [0, 0.05) is 17.0 Å². The lowest BCUT2D eigenvalue weighted by atomic mass is 10.1. The minimum absolute atomic E-state index is 0.0256. The fraction of sp³-hybridized carbons (Fsp3) is 0.0625. The number of H-pyrrole nitrogens is 1. The molecule has 11 heteroatoms. The van der Waals surface area contributed by atoms with Crippen molar-refractivity contribution in [2.24, 2.45) is 0 Å². The van der Waals surface area contributed by atoms with Gasteiger partial charge in [0.25, 0.3) is 11.6 Å². The normalized spacial score (nSPS) is 11.4. The molecule has 3 N–H and O–H groups in total. The van der Waals surface area contributed by atoms with Crippen LogP contribution in [-0.4, -0.2) is 15.8 Å². The van der Waals surface area contributed by atoms with Gasteiger partial charge in [0.1, 0.15) is 17.2 Å². The molecule has 2 aromatic carbocycles. The molecule has 0 bridgehead atoms. The van der Waals surface area contributed by atoms with E-state index in [9.17, 15) is 32.5 Å². The third-order valence-corrected chi connectivity index (χ3v) is 3.66. The summed E-state index contributed by atoms with van der Waals surface area (Å²) in [5.41, 5.74) is 2.50. The molecule has 1 heterocycles. The number of fused-ring (bicyclic) bond motifs is 1. The van der Waals surface area contributed by atoms with E-state index in [0.29, 0.717) is 23.0 Å². The van der Waals surface area contributed by atoms with E-state index in [0.717, 1.165) is 6.07 Å². The second kappa shape index (κ2) is 6.59. The van der Waals surface area contributed by atoms with Crippen LogP contribution in [0.2, 0.25) is 0 Å². The van der Waals surface area contributed by atoms with Crippen molar-refractivity contribution in [3.8, 4) is 0 Å². The highest BCUT2D eigenvalue weighted by Gasteiger charge is 2.33. The Morgan fingerprint density at radius 3 is 2.52 bits per heavy atom. The van der Waals surface area contributed by atoms with Crippen LogP contribution in [0.1, 0.15) is 16.1 Å². The average molecular weight is 382 g/mol. The standard InChI is InChI=1S/C16H10F4N4O3/c17-10-2-4-11-8(5-10)6-13(21-11)15(25)23-22-12-3-1-9(16(18,19)20)7-14(12)24(26)27/h1-7,21-22H,(H,23,25). The van der Waals surface area contributed by atoms with Crippen LogP contribution in [0.15, 0.2) is 42.5 Å². The summed E-state index contributed by atoms with van der Waals surface area (Å²) in [4.78, 5) is 24.9. The van der Waals surface area contributed by atoms with Gasteiger partial charge in [-0.25, -0.2) is 4.39 Å². The Kier molecular flexibility index (Phi) is 4.44. The van der Waals surface area contributed by atoms with Crippen molar-refractivity contribution in [2.75, 3.05) is 5.43 Å². The molecule has 0 aliphatic carbocycles. The first kappa shape index (κ1) is 18.2. The maximum absolute atomic E-state index is 13.2. The predicted octanol–water partition coefficient (Wildman–Crippen LogP) is 3.99. The lowest BCUT2D eigenvalue weighted by Crippen LogP contribution is -2.30. The first-order chi connectivity index (χ1) is 12.6. The Morgan fingerprint density at radius 1 is 1.11 bits per heavy atom. The van der Waals surface area contributed by atoms with Gasteiger partial charge in [0.05, 0.1) is 10.5 Å². The summed E-state index contributed by atoms with van der Waals surface area (Å²) in [5.74, 6) is -1.24. The molecule has 0 aliphatic rings. The molecule has 0 radical (unpaired) electrons. The van der Waals surface area contributed by atoms with Gasteiger partial charge in [0.2, 0.25) is 0 Å². The SMILES string of the molecule is O=C(NNc1ccc(C(F)(F)F)cc1[N+](=O)[O-])c1cc2cc(F)ccc2[nH]1. The summed E-state index contributed by atoms with van der Waals surface area (Å²) in [5, 5.41) is 11.4. The number of aromatic nitrogens is 1. The van der Waals surface area contributed by atoms with Crippen molar-refractivity contribution >= 4 is 28.2 Å². The van der Waals surface area contributed by atoms with E-state index in [-0.39, 0.29) is 11.4 Å². The maximum atomic E-state index is 13.2. The summed E-state index contributed by atoms with van der Waals surface area (Å²) < 4.78 is 51.2. The lowest BCUT2D eigenvalue weighted by Gasteiger charge is -2.11. The molecule has 3 aromatic rings. The molecule has 0 spiro atoms. The number of aromatic amines is 1. The number of amides is 1. The smallest absolute Gasteiger partial charge is 0.350 e. The lowest BCUT2D eigenvalue weighted by molar-refractivity contribution is -0.384. The molecular formula is C16H10F4N4O3. The number of rotatable bonds is 4. The molecule has 0 saturated carbocycles. The third kappa shape index (κ3) is 3.81. The summed E-state index contributed by atoms with van der Waals surface area (Å²) in [7, 11) is 0. The molecule has 1 amide bonds. The largest absolute Gasteiger partial charge is 0.416 e. The van der Waals surface area contributed by atoms with Gasteiger partial charge >= 0.3 is 6.18 Å². The topological polar surface area (TPSA) is 100 Å². The van der Waals surface area contributed by atoms with E-state index >= 15 is 0 Å². The average Bonchev–Trinajstić information content (AvgIpc) is 3.01. The van der Waals surface area contributed by atoms with Crippen molar-refractivity contribution in [1.29, 1.82) is 0 Å². The first-order valence-corrected chi connectivity index (χ1v) is 7.35. The second-order valence-electron chi connectivity index (χ2n) is 5.48. The summed E-state index contributed by atoms with van der Waals surface area (Å²) in [6.45, 7) is 0. The Bertz CT molecular complexity index is 1050. The van der Waals surface area contributed by atoms with Crippen LogP contribution in [0.25, 0.3) is 10.9 Å². The molecule has 3 rings (SSSR count). The van der Waals surface area contributed by atoms with E-state index in [4.69, 9.17) is 0 Å². The number of hydrazine groups is 1. The van der Waals surface area contributed by atoms with Crippen LogP contribution in [0.4, 0.5) is 28.9 Å². The van der Waals surface area contributed by atoms with E-state index in [1.165, 1.54) is 24.3 Å². The van der Waals surface area contributed by atoms with E-state index in [2.05, 4.69) is 15.8 Å². The number of nitro benzene ring substituents is 1. The number of nitrogens with zero attached hydrogens (tertiary/aromatic N) is 1. The number of carbonyl (C=O) groups excluding carboxylic acids is 1. The molecule has 0 fully saturated rings. The molecule has 7 nitrogen and oxygen atoms in total. The fourth-order valence-electron chi connectivity index (χ4n) is 2.38. The molecule has 1 aromatic heterocycles.